The van der Waals surface area contributed by atoms with Crippen molar-refractivity contribution in [2.75, 3.05) is 7.05 Å². The maximum absolute atomic E-state index is 10.1. The van der Waals surface area contributed by atoms with Crippen molar-refractivity contribution in [3.05, 3.63) is 0 Å². The molecule has 0 radical (unpaired) electrons. The molecular formula is C5H10NO2-. The summed E-state index contributed by atoms with van der Waals surface area (Å²) in [5.74, 6) is -1.08. The van der Waals surface area contributed by atoms with Crippen molar-refractivity contribution >= 4 is 5.97 Å². The number of carbonyl (C=O) groups excluding carboxylic acids is 1. The third-order valence-corrected chi connectivity index (χ3v) is 1.14. The average Bonchev–Trinajstić information content (AvgIpc) is 1.67. The maximum Gasteiger partial charge on any atom is 0.0610 e. The summed E-state index contributed by atoms with van der Waals surface area (Å²) in [6, 6.07) is 0. The first-order chi connectivity index (χ1) is 3.50. The normalized spacial score (nSPS) is 11.4. The minimum atomic E-state index is -1.08. The predicted octanol–water partition coefficient (Wildman–Crippen LogP) is -1.27. The van der Waals surface area contributed by atoms with Gasteiger partial charge in [-0.1, -0.05) is 0 Å². The lowest BCUT2D eigenvalue weighted by Crippen LogP contribution is -2.52. The standard InChI is InChI=1S/C5H11NO2/c1-5(2,6-3)4(7)8/h6H,1-3H3,(H,7,8)/p-1. The molecule has 0 fully saturated rings. The molecule has 0 amide bonds. The van der Waals surface area contributed by atoms with Crippen LogP contribution in [0.4, 0.5) is 0 Å². The lowest BCUT2D eigenvalue weighted by Gasteiger charge is -2.24. The van der Waals surface area contributed by atoms with Crippen molar-refractivity contribution < 1.29 is 9.90 Å². The highest BCUT2D eigenvalue weighted by atomic mass is 16.4. The highest BCUT2D eigenvalue weighted by Crippen LogP contribution is 1.95. The van der Waals surface area contributed by atoms with Crippen LogP contribution in [0.15, 0.2) is 0 Å². The first-order valence-corrected chi connectivity index (χ1v) is 2.41. The molecule has 1 N–H and O–H groups in total. The van der Waals surface area contributed by atoms with Gasteiger partial charge in [-0.25, -0.2) is 0 Å². The molecule has 3 nitrogen and oxygen atoms in total. The second-order valence-corrected chi connectivity index (χ2v) is 2.16. The third-order valence-electron chi connectivity index (χ3n) is 1.14. The van der Waals surface area contributed by atoms with Gasteiger partial charge in [0.05, 0.1) is 11.5 Å². The first-order valence-electron chi connectivity index (χ1n) is 2.41. The summed E-state index contributed by atoms with van der Waals surface area (Å²) in [5, 5.41) is 12.7. The van der Waals surface area contributed by atoms with Crippen LogP contribution < -0.4 is 10.4 Å². The van der Waals surface area contributed by atoms with E-state index in [0.29, 0.717) is 0 Å². The van der Waals surface area contributed by atoms with Crippen LogP contribution >= 0.6 is 0 Å². The lowest BCUT2D eigenvalue weighted by atomic mass is 10.1. The minimum absolute atomic E-state index is 0.903. The van der Waals surface area contributed by atoms with E-state index in [0.717, 1.165) is 0 Å². The van der Waals surface area contributed by atoms with E-state index < -0.39 is 11.5 Å². The van der Waals surface area contributed by atoms with E-state index in [1.165, 1.54) is 0 Å². The Morgan fingerprint density at radius 2 is 2.00 bits per heavy atom. The van der Waals surface area contributed by atoms with Crippen LogP contribution in [0, 0.1) is 0 Å². The zero-order valence-corrected chi connectivity index (χ0v) is 5.32. The van der Waals surface area contributed by atoms with Crippen LogP contribution in [-0.4, -0.2) is 18.6 Å². The van der Waals surface area contributed by atoms with E-state index >= 15 is 0 Å². The summed E-state index contributed by atoms with van der Waals surface area (Å²) in [6.07, 6.45) is 0. The van der Waals surface area contributed by atoms with Gasteiger partial charge in [0.25, 0.3) is 0 Å². The van der Waals surface area contributed by atoms with Gasteiger partial charge in [-0.15, -0.1) is 0 Å². The molecule has 0 rings (SSSR count). The lowest BCUT2D eigenvalue weighted by molar-refractivity contribution is -0.312. The van der Waals surface area contributed by atoms with Crippen LogP contribution in [0.2, 0.25) is 0 Å². The molecule has 0 saturated carbocycles. The SMILES string of the molecule is CNC(C)(C)C(=O)[O-]. The minimum Gasteiger partial charge on any atom is -0.548 e. The Labute approximate surface area is 48.7 Å². The van der Waals surface area contributed by atoms with Crippen molar-refractivity contribution in [2.24, 2.45) is 0 Å². The van der Waals surface area contributed by atoms with E-state index in [1.807, 2.05) is 0 Å². The Bertz CT molecular complexity index is 98.6. The topological polar surface area (TPSA) is 52.2 Å². The van der Waals surface area contributed by atoms with Gasteiger partial charge in [0.15, 0.2) is 0 Å². The van der Waals surface area contributed by atoms with Crippen molar-refractivity contribution in [3.8, 4) is 0 Å². The maximum atomic E-state index is 10.1. The van der Waals surface area contributed by atoms with Gasteiger partial charge in [-0.2, -0.15) is 0 Å². The number of carboxylic acid groups (broad SMARTS) is 1. The monoisotopic (exact) mass is 116 g/mol. The summed E-state index contributed by atoms with van der Waals surface area (Å²) >= 11 is 0. The molecule has 48 valence electrons. The fourth-order valence-corrected chi connectivity index (χ4v) is 0.102. The number of rotatable bonds is 2. The molecule has 0 aliphatic rings. The Morgan fingerprint density at radius 1 is 1.62 bits per heavy atom. The Balaban J connectivity index is 3.91. The molecule has 0 aromatic heterocycles. The Kier molecular flexibility index (Phi) is 1.98. The molecule has 0 atom stereocenters. The highest BCUT2D eigenvalue weighted by molar-refractivity contribution is 5.75. The number of hydrogen-bond acceptors (Lipinski definition) is 3. The fourth-order valence-electron chi connectivity index (χ4n) is 0.102. The van der Waals surface area contributed by atoms with Crippen LogP contribution in [0.1, 0.15) is 13.8 Å². The summed E-state index contributed by atoms with van der Waals surface area (Å²) in [6.45, 7) is 3.09. The number of carboxylic acids is 1. The second-order valence-electron chi connectivity index (χ2n) is 2.16. The van der Waals surface area contributed by atoms with Crippen molar-refractivity contribution in [1.82, 2.24) is 5.32 Å². The zero-order valence-electron chi connectivity index (χ0n) is 5.32. The molecule has 0 saturated heterocycles. The van der Waals surface area contributed by atoms with E-state index in [-0.39, 0.29) is 0 Å². The first kappa shape index (κ1) is 7.43. The number of nitrogens with one attached hydrogen (secondary N) is 1. The molecule has 0 aromatic rings. The number of likely N-dealkylation sites (N-methyl/N-ethyl adjacent to an activating group) is 1. The number of hydrogen-bond donors (Lipinski definition) is 1. The largest absolute Gasteiger partial charge is 0.548 e. The highest BCUT2D eigenvalue weighted by Gasteiger charge is 2.14. The van der Waals surface area contributed by atoms with Crippen LogP contribution in [-0.2, 0) is 4.79 Å². The molecule has 0 aliphatic heterocycles. The second kappa shape index (κ2) is 2.13. The third kappa shape index (κ3) is 1.50. The quantitative estimate of drug-likeness (QED) is 0.489. The van der Waals surface area contributed by atoms with Gasteiger partial charge in [0, 0.05) is 0 Å². The van der Waals surface area contributed by atoms with Gasteiger partial charge in [-0.05, 0) is 20.9 Å². The van der Waals surface area contributed by atoms with Gasteiger partial charge >= 0.3 is 0 Å². The molecule has 0 unspecified atom stereocenters. The summed E-state index contributed by atoms with van der Waals surface area (Å²) < 4.78 is 0. The molecule has 8 heavy (non-hydrogen) atoms. The van der Waals surface area contributed by atoms with E-state index in [2.05, 4.69) is 5.32 Å². The van der Waals surface area contributed by atoms with Gasteiger partial charge in [0.2, 0.25) is 0 Å². The van der Waals surface area contributed by atoms with Gasteiger partial charge in [-0.3, -0.25) is 0 Å². The van der Waals surface area contributed by atoms with Crippen LogP contribution in [0.5, 0.6) is 0 Å². The number of aliphatic carboxylic acids is 1. The zero-order chi connectivity index (χ0) is 6.78. The average molecular weight is 116 g/mol. The molecule has 0 aliphatic carbocycles. The smallest absolute Gasteiger partial charge is 0.0610 e. The van der Waals surface area contributed by atoms with Crippen molar-refractivity contribution in [3.63, 3.8) is 0 Å². The van der Waals surface area contributed by atoms with Gasteiger partial charge < -0.3 is 15.2 Å². The molecule has 0 bridgehead atoms. The van der Waals surface area contributed by atoms with Gasteiger partial charge in [0.1, 0.15) is 0 Å². The molecule has 3 heteroatoms. The van der Waals surface area contributed by atoms with E-state index in [1.54, 1.807) is 20.9 Å². The van der Waals surface area contributed by atoms with E-state index in [4.69, 9.17) is 0 Å². The Hall–Kier alpha value is -0.570. The van der Waals surface area contributed by atoms with E-state index in [9.17, 15) is 9.90 Å². The molecule has 0 heterocycles. The summed E-state index contributed by atoms with van der Waals surface area (Å²) in [7, 11) is 1.58. The van der Waals surface area contributed by atoms with Crippen molar-refractivity contribution in [1.29, 1.82) is 0 Å². The Morgan fingerprint density at radius 3 is 2.00 bits per heavy atom. The summed E-state index contributed by atoms with van der Waals surface area (Å²) in [5.41, 5.74) is -0.903. The number of carbonyl (C=O) groups is 1. The molecular weight excluding hydrogens is 106 g/mol. The van der Waals surface area contributed by atoms with Crippen LogP contribution in [0.3, 0.4) is 0 Å². The van der Waals surface area contributed by atoms with Crippen molar-refractivity contribution in [2.45, 2.75) is 19.4 Å². The molecule has 0 aromatic carbocycles. The molecule has 0 spiro atoms. The summed E-state index contributed by atoms with van der Waals surface area (Å²) in [4.78, 5) is 10.1. The fraction of sp³-hybridized carbons (Fsp3) is 0.800. The van der Waals surface area contributed by atoms with Crippen LogP contribution in [0.25, 0.3) is 0 Å². The predicted molar refractivity (Wildman–Crippen MR) is 28.1 cm³/mol.